The summed E-state index contributed by atoms with van der Waals surface area (Å²) < 4.78 is 4.92. The van der Waals surface area contributed by atoms with Gasteiger partial charge in [0.2, 0.25) is 0 Å². The lowest BCUT2D eigenvalue weighted by atomic mass is 10.3. The third-order valence-corrected chi connectivity index (χ3v) is 3.57. The van der Waals surface area contributed by atoms with Crippen molar-refractivity contribution in [1.82, 2.24) is 10.3 Å². The van der Waals surface area contributed by atoms with Crippen LogP contribution >= 0.6 is 11.3 Å². The molecule has 6 nitrogen and oxygen atoms in total. The van der Waals surface area contributed by atoms with E-state index in [1.54, 1.807) is 6.92 Å². The highest BCUT2D eigenvalue weighted by atomic mass is 32.1. The van der Waals surface area contributed by atoms with Crippen molar-refractivity contribution >= 4 is 23.2 Å². The monoisotopic (exact) mass is 280 g/mol. The number of furan rings is 1. The van der Waals surface area contributed by atoms with Crippen LogP contribution in [0.4, 0.5) is 0 Å². The van der Waals surface area contributed by atoms with Crippen LogP contribution in [0.1, 0.15) is 44.6 Å². The Morgan fingerprint density at radius 2 is 2.26 bits per heavy atom. The maximum Gasteiger partial charge on any atom is 0.338 e. The predicted molar refractivity (Wildman–Crippen MR) is 68.4 cm³/mol. The number of nitrogens with one attached hydrogen (secondary N) is 1. The molecule has 2 heterocycles. The average Bonchev–Trinajstić information content (AvgIpc) is 2.96. The summed E-state index contributed by atoms with van der Waals surface area (Å²) in [5, 5.41) is 14.1. The lowest BCUT2D eigenvalue weighted by Gasteiger charge is -2.09. The fourth-order valence-electron chi connectivity index (χ4n) is 1.47. The zero-order valence-corrected chi connectivity index (χ0v) is 11.2. The molecule has 7 heteroatoms. The van der Waals surface area contributed by atoms with Gasteiger partial charge in [0, 0.05) is 17.1 Å². The van der Waals surface area contributed by atoms with Crippen LogP contribution in [0.2, 0.25) is 0 Å². The molecule has 0 spiro atoms. The highest BCUT2D eigenvalue weighted by Crippen LogP contribution is 2.18. The molecule has 1 amide bonds. The fourth-order valence-corrected chi connectivity index (χ4v) is 2.27. The second-order valence-electron chi connectivity index (χ2n) is 4.03. The van der Waals surface area contributed by atoms with E-state index < -0.39 is 11.9 Å². The first-order chi connectivity index (χ1) is 8.97. The highest BCUT2D eigenvalue weighted by Gasteiger charge is 2.18. The quantitative estimate of drug-likeness (QED) is 0.896. The number of amides is 1. The molecule has 0 saturated carbocycles. The summed E-state index contributed by atoms with van der Waals surface area (Å²) in [6.45, 7) is 3.68. The van der Waals surface area contributed by atoms with Gasteiger partial charge in [-0.15, -0.1) is 11.3 Å². The highest BCUT2D eigenvalue weighted by molar-refractivity contribution is 7.09. The van der Waals surface area contributed by atoms with Crippen LogP contribution in [0.25, 0.3) is 0 Å². The minimum Gasteiger partial charge on any atom is -0.478 e. The molecule has 0 fully saturated rings. The van der Waals surface area contributed by atoms with Crippen molar-refractivity contribution in [2.45, 2.75) is 19.9 Å². The van der Waals surface area contributed by atoms with Gasteiger partial charge in [0.05, 0.1) is 11.6 Å². The van der Waals surface area contributed by atoms with E-state index >= 15 is 0 Å². The van der Waals surface area contributed by atoms with Crippen LogP contribution in [-0.4, -0.2) is 22.0 Å². The normalized spacial score (nSPS) is 12.1. The molecule has 0 radical (unpaired) electrons. The van der Waals surface area contributed by atoms with Crippen LogP contribution in [0.5, 0.6) is 0 Å². The van der Waals surface area contributed by atoms with Crippen molar-refractivity contribution in [1.29, 1.82) is 0 Å². The number of thiazole rings is 1. The van der Waals surface area contributed by atoms with Crippen molar-refractivity contribution in [2.24, 2.45) is 0 Å². The Bertz CT molecular complexity index is 617. The van der Waals surface area contributed by atoms with E-state index in [1.807, 2.05) is 12.3 Å². The molecule has 2 aromatic heterocycles. The molecular weight excluding hydrogens is 268 g/mol. The molecule has 100 valence electrons. The predicted octanol–water partition coefficient (Wildman–Crippen LogP) is 2.23. The van der Waals surface area contributed by atoms with Crippen molar-refractivity contribution in [3.05, 3.63) is 39.7 Å². The summed E-state index contributed by atoms with van der Waals surface area (Å²) in [5.74, 6) is -1.63. The molecule has 0 bridgehead atoms. The largest absolute Gasteiger partial charge is 0.478 e. The first kappa shape index (κ1) is 13.3. The van der Waals surface area contributed by atoms with Crippen molar-refractivity contribution in [2.75, 3.05) is 0 Å². The summed E-state index contributed by atoms with van der Waals surface area (Å²) >= 11 is 1.45. The van der Waals surface area contributed by atoms with E-state index in [0.29, 0.717) is 0 Å². The number of rotatable bonds is 4. The summed E-state index contributed by atoms with van der Waals surface area (Å²) in [6.07, 6.45) is 1.04. The van der Waals surface area contributed by atoms with E-state index in [-0.39, 0.29) is 17.4 Å². The Kier molecular flexibility index (Phi) is 3.66. The zero-order chi connectivity index (χ0) is 14.0. The maximum atomic E-state index is 11.9. The van der Waals surface area contributed by atoms with Crippen molar-refractivity contribution in [3.63, 3.8) is 0 Å². The summed E-state index contributed by atoms with van der Waals surface area (Å²) in [6, 6.07) is 0.932. The number of aromatic carboxylic acids is 1. The Balaban J connectivity index is 2.06. The number of aromatic nitrogens is 1. The van der Waals surface area contributed by atoms with Gasteiger partial charge in [-0.05, 0) is 13.8 Å². The van der Waals surface area contributed by atoms with Gasteiger partial charge in [-0.2, -0.15) is 0 Å². The van der Waals surface area contributed by atoms with E-state index in [4.69, 9.17) is 9.52 Å². The number of carbonyl (C=O) groups is 2. The van der Waals surface area contributed by atoms with E-state index in [0.717, 1.165) is 17.0 Å². The van der Waals surface area contributed by atoms with Crippen molar-refractivity contribution < 1.29 is 19.1 Å². The number of hydrogen-bond donors (Lipinski definition) is 2. The average molecular weight is 280 g/mol. The number of nitrogens with zero attached hydrogens (tertiary/aromatic N) is 1. The van der Waals surface area contributed by atoms with E-state index in [2.05, 4.69) is 10.3 Å². The molecule has 1 unspecified atom stereocenters. The Morgan fingerprint density at radius 1 is 1.53 bits per heavy atom. The topological polar surface area (TPSA) is 92.4 Å². The first-order valence-electron chi connectivity index (χ1n) is 5.52. The Morgan fingerprint density at radius 3 is 2.79 bits per heavy atom. The molecule has 0 aliphatic rings. The van der Waals surface area contributed by atoms with Gasteiger partial charge in [-0.1, -0.05) is 0 Å². The number of carboxylic acid groups (broad SMARTS) is 1. The number of aryl methyl sites for hydroxylation is 1. The standard InChI is InChI=1S/C12H12N2O4S/c1-6-5-19-11(13-6)7(2)14-10(15)9-3-8(4-18-9)12(16)17/h3-5,7H,1-2H3,(H,14,15)(H,16,17). The van der Waals surface area contributed by atoms with Gasteiger partial charge in [0.15, 0.2) is 5.76 Å². The first-order valence-corrected chi connectivity index (χ1v) is 6.40. The van der Waals surface area contributed by atoms with Crippen LogP contribution < -0.4 is 5.32 Å². The van der Waals surface area contributed by atoms with E-state index in [1.165, 1.54) is 17.4 Å². The number of carboxylic acids is 1. The van der Waals surface area contributed by atoms with Gasteiger partial charge in [-0.25, -0.2) is 9.78 Å². The zero-order valence-electron chi connectivity index (χ0n) is 10.3. The molecule has 2 aromatic rings. The van der Waals surface area contributed by atoms with Crippen LogP contribution in [0.3, 0.4) is 0 Å². The number of hydrogen-bond acceptors (Lipinski definition) is 5. The SMILES string of the molecule is Cc1csc(C(C)NC(=O)c2cc(C(=O)O)co2)n1. The lowest BCUT2D eigenvalue weighted by molar-refractivity contribution is 0.0695. The van der Waals surface area contributed by atoms with Gasteiger partial charge in [0.1, 0.15) is 11.3 Å². The molecule has 0 aromatic carbocycles. The van der Waals surface area contributed by atoms with Gasteiger partial charge in [0.25, 0.3) is 5.91 Å². The van der Waals surface area contributed by atoms with E-state index in [9.17, 15) is 9.59 Å². The van der Waals surface area contributed by atoms with Gasteiger partial charge >= 0.3 is 5.97 Å². The smallest absolute Gasteiger partial charge is 0.338 e. The molecule has 2 rings (SSSR count). The van der Waals surface area contributed by atoms with Gasteiger partial charge in [-0.3, -0.25) is 4.79 Å². The molecule has 0 aliphatic carbocycles. The molecule has 19 heavy (non-hydrogen) atoms. The molecule has 2 N–H and O–H groups in total. The van der Waals surface area contributed by atoms with Crippen molar-refractivity contribution in [3.8, 4) is 0 Å². The maximum absolute atomic E-state index is 11.9. The fraction of sp³-hybridized carbons (Fsp3) is 0.250. The second kappa shape index (κ2) is 5.23. The minimum absolute atomic E-state index is 0.0301. The van der Waals surface area contributed by atoms with Crippen LogP contribution in [0.15, 0.2) is 22.1 Å². The van der Waals surface area contributed by atoms with Crippen LogP contribution in [-0.2, 0) is 0 Å². The summed E-state index contributed by atoms with van der Waals surface area (Å²) in [5.41, 5.74) is 0.843. The third-order valence-electron chi connectivity index (χ3n) is 2.42. The molecule has 0 aliphatic heterocycles. The lowest BCUT2D eigenvalue weighted by Crippen LogP contribution is -2.26. The van der Waals surface area contributed by atoms with Crippen LogP contribution in [0, 0.1) is 6.92 Å². The second-order valence-corrected chi connectivity index (χ2v) is 4.92. The minimum atomic E-state index is -1.13. The number of carbonyl (C=O) groups excluding carboxylic acids is 1. The Labute approximate surface area is 113 Å². The van der Waals surface area contributed by atoms with Gasteiger partial charge < -0.3 is 14.8 Å². The third kappa shape index (κ3) is 3.00. The summed E-state index contributed by atoms with van der Waals surface area (Å²) in [4.78, 5) is 26.8. The molecule has 1 atom stereocenters. The molecule has 0 saturated heterocycles. The summed E-state index contributed by atoms with van der Waals surface area (Å²) in [7, 11) is 0. The Hall–Kier alpha value is -2.15. The molecular formula is C12H12N2O4S.